The number of benzene rings is 1. The van der Waals surface area contributed by atoms with Crippen molar-refractivity contribution < 1.29 is 23.5 Å². The van der Waals surface area contributed by atoms with E-state index in [1.54, 1.807) is 12.1 Å². The minimum Gasteiger partial charge on any atom is -0.468 e. The van der Waals surface area contributed by atoms with E-state index in [4.69, 9.17) is 4.74 Å². The third-order valence-corrected chi connectivity index (χ3v) is 7.87. The summed E-state index contributed by atoms with van der Waals surface area (Å²) in [4.78, 5) is 44.3. The molecule has 5 unspecified atom stereocenters. The number of nitrogens with zero attached hydrogens (tertiary/aromatic N) is 2. The molecule has 7 heteroatoms. The predicted molar refractivity (Wildman–Crippen MR) is 117 cm³/mol. The molecule has 3 fully saturated rings. The van der Waals surface area contributed by atoms with Crippen LogP contribution < -0.4 is 0 Å². The second kappa shape index (κ2) is 8.93. The lowest BCUT2D eigenvalue weighted by molar-refractivity contribution is -0.172. The number of ketones is 1. The maximum Gasteiger partial charge on any atom is 0.321 e. The Morgan fingerprint density at radius 1 is 1.09 bits per heavy atom. The smallest absolute Gasteiger partial charge is 0.321 e. The van der Waals surface area contributed by atoms with Gasteiger partial charge in [-0.2, -0.15) is 0 Å². The predicted octanol–water partition coefficient (Wildman–Crippen LogP) is 3.47. The number of likely N-dealkylation sites (tertiary alicyclic amines) is 1. The average molecular weight is 445 g/mol. The molecule has 2 bridgehead atoms. The van der Waals surface area contributed by atoms with E-state index in [-0.39, 0.29) is 48.5 Å². The lowest BCUT2D eigenvalue weighted by Crippen LogP contribution is -2.62. The molecule has 3 aliphatic rings. The second-order valence-electron chi connectivity index (χ2n) is 9.74. The van der Waals surface area contributed by atoms with Crippen molar-refractivity contribution in [1.82, 2.24) is 9.80 Å². The largest absolute Gasteiger partial charge is 0.468 e. The second-order valence-corrected chi connectivity index (χ2v) is 9.74. The normalized spacial score (nSPS) is 32.8. The van der Waals surface area contributed by atoms with Gasteiger partial charge in [0, 0.05) is 37.1 Å². The van der Waals surface area contributed by atoms with Gasteiger partial charge in [0.05, 0.1) is 13.5 Å². The molecular formula is C25H33FN2O4. The topological polar surface area (TPSA) is 66.9 Å². The standard InChI is InChI=1S/C25H33FN2O4/c1-16-5-4-6-17(2)28(16)23(30)14-25(24(31)32-3)21-12-11-20(13-22(25)29)27(21)15-18-7-9-19(26)10-8-18/h7-10,16-17,20-21H,4-6,11-15H2,1-3H3. The monoisotopic (exact) mass is 444 g/mol. The number of rotatable bonds is 5. The molecule has 0 aliphatic carbocycles. The van der Waals surface area contributed by atoms with E-state index in [1.807, 2.05) is 18.7 Å². The number of carbonyl (C=O) groups excluding carboxylic acids is 3. The van der Waals surface area contributed by atoms with E-state index in [0.29, 0.717) is 13.0 Å². The van der Waals surface area contributed by atoms with Crippen molar-refractivity contribution in [1.29, 1.82) is 0 Å². The van der Waals surface area contributed by atoms with Gasteiger partial charge in [-0.3, -0.25) is 19.3 Å². The Labute approximate surface area is 189 Å². The SMILES string of the molecule is COC(=O)C1(CC(=O)N2C(C)CCCC2C)C(=O)CC2CCC1N2Cc1ccc(F)cc1. The molecule has 0 N–H and O–H groups in total. The van der Waals surface area contributed by atoms with Crippen molar-refractivity contribution in [3.05, 3.63) is 35.6 Å². The van der Waals surface area contributed by atoms with Crippen LogP contribution in [0.2, 0.25) is 0 Å². The Kier molecular flexibility index (Phi) is 6.39. The van der Waals surface area contributed by atoms with Gasteiger partial charge in [-0.25, -0.2) is 4.39 Å². The number of esters is 1. The molecule has 6 nitrogen and oxygen atoms in total. The molecule has 3 saturated heterocycles. The maximum atomic E-state index is 13.5. The Morgan fingerprint density at radius 2 is 1.75 bits per heavy atom. The number of Topliss-reactive ketones (excluding diaryl/α,β-unsaturated/α-hetero) is 1. The van der Waals surface area contributed by atoms with Crippen molar-refractivity contribution >= 4 is 17.7 Å². The first kappa shape index (κ1) is 22.9. The highest BCUT2D eigenvalue weighted by Gasteiger charge is 2.62. The summed E-state index contributed by atoms with van der Waals surface area (Å²) >= 11 is 0. The highest BCUT2D eigenvalue weighted by atomic mass is 19.1. The van der Waals surface area contributed by atoms with Crippen LogP contribution in [0.3, 0.4) is 0 Å². The Hall–Kier alpha value is -2.28. The first-order valence-corrected chi connectivity index (χ1v) is 11.7. The highest BCUT2D eigenvalue weighted by molar-refractivity contribution is 6.08. The number of halogens is 1. The highest BCUT2D eigenvalue weighted by Crippen LogP contribution is 2.48. The van der Waals surface area contributed by atoms with E-state index in [2.05, 4.69) is 4.90 Å². The maximum absolute atomic E-state index is 13.5. The summed E-state index contributed by atoms with van der Waals surface area (Å²) in [6.07, 6.45) is 4.46. The van der Waals surface area contributed by atoms with Gasteiger partial charge in [0.25, 0.3) is 0 Å². The molecule has 0 radical (unpaired) electrons. The van der Waals surface area contributed by atoms with Gasteiger partial charge in [-0.15, -0.1) is 0 Å². The van der Waals surface area contributed by atoms with Gasteiger partial charge in [-0.05, 0) is 63.6 Å². The van der Waals surface area contributed by atoms with Crippen LogP contribution >= 0.6 is 0 Å². The van der Waals surface area contributed by atoms with Gasteiger partial charge < -0.3 is 9.64 Å². The minimum absolute atomic E-state index is 0.0262. The van der Waals surface area contributed by atoms with Gasteiger partial charge >= 0.3 is 5.97 Å². The van der Waals surface area contributed by atoms with Crippen LogP contribution in [0.4, 0.5) is 4.39 Å². The zero-order chi connectivity index (χ0) is 23.0. The molecule has 0 aromatic heterocycles. The summed E-state index contributed by atoms with van der Waals surface area (Å²) in [6, 6.07) is 6.10. The molecule has 1 amide bonds. The molecule has 5 atom stereocenters. The van der Waals surface area contributed by atoms with Crippen LogP contribution in [0.1, 0.15) is 64.4 Å². The van der Waals surface area contributed by atoms with E-state index in [1.165, 1.54) is 19.2 Å². The summed E-state index contributed by atoms with van der Waals surface area (Å²) in [7, 11) is 1.29. The molecule has 4 rings (SSSR count). The number of ether oxygens (including phenoxy) is 1. The fourth-order valence-electron chi connectivity index (χ4n) is 6.27. The minimum atomic E-state index is -1.49. The van der Waals surface area contributed by atoms with Crippen LogP contribution in [-0.4, -0.2) is 58.7 Å². The lowest BCUT2D eigenvalue weighted by atomic mass is 9.69. The van der Waals surface area contributed by atoms with E-state index >= 15 is 0 Å². The number of hydrogen-bond donors (Lipinski definition) is 0. The van der Waals surface area contributed by atoms with Crippen LogP contribution in [0.15, 0.2) is 24.3 Å². The summed E-state index contributed by atoms with van der Waals surface area (Å²) in [6.45, 7) is 4.58. The van der Waals surface area contributed by atoms with E-state index < -0.39 is 17.4 Å². The summed E-state index contributed by atoms with van der Waals surface area (Å²) < 4.78 is 18.5. The fourth-order valence-corrected chi connectivity index (χ4v) is 6.27. The molecule has 1 aromatic rings. The number of fused-ring (bicyclic) bond motifs is 2. The number of hydrogen-bond acceptors (Lipinski definition) is 5. The molecule has 32 heavy (non-hydrogen) atoms. The van der Waals surface area contributed by atoms with E-state index in [0.717, 1.165) is 31.2 Å². The number of methoxy groups -OCH3 is 1. The molecule has 0 saturated carbocycles. The third kappa shape index (κ3) is 3.85. The molecule has 174 valence electrons. The summed E-state index contributed by atoms with van der Waals surface area (Å²) in [5.41, 5.74) is -0.573. The zero-order valence-electron chi connectivity index (χ0n) is 19.2. The summed E-state index contributed by atoms with van der Waals surface area (Å²) in [5, 5.41) is 0. The molecule has 3 aliphatic heterocycles. The van der Waals surface area contributed by atoms with Crippen LogP contribution in [-0.2, 0) is 25.7 Å². The summed E-state index contributed by atoms with van der Waals surface area (Å²) in [5.74, 6) is -1.24. The number of carbonyl (C=O) groups is 3. The first-order valence-electron chi connectivity index (χ1n) is 11.7. The van der Waals surface area contributed by atoms with Gasteiger partial charge in [0.2, 0.25) is 5.91 Å². The quantitative estimate of drug-likeness (QED) is 0.514. The lowest BCUT2D eigenvalue weighted by Gasteiger charge is -2.47. The average Bonchev–Trinajstić information content (AvgIpc) is 3.07. The molecule has 0 spiro atoms. The van der Waals surface area contributed by atoms with Crippen molar-refractivity contribution in [2.75, 3.05) is 7.11 Å². The Balaban J connectivity index is 1.66. The Morgan fingerprint density at radius 3 is 2.38 bits per heavy atom. The molecule has 3 heterocycles. The number of piperidine rings is 2. The van der Waals surface area contributed by atoms with Gasteiger partial charge in [0.1, 0.15) is 5.82 Å². The van der Waals surface area contributed by atoms with Crippen molar-refractivity contribution in [2.24, 2.45) is 5.41 Å². The first-order chi connectivity index (χ1) is 15.3. The van der Waals surface area contributed by atoms with E-state index in [9.17, 15) is 18.8 Å². The third-order valence-electron chi connectivity index (χ3n) is 7.87. The molecular weight excluding hydrogens is 411 g/mol. The zero-order valence-corrected chi connectivity index (χ0v) is 19.2. The van der Waals surface area contributed by atoms with Crippen molar-refractivity contribution in [2.45, 2.75) is 89.5 Å². The van der Waals surface area contributed by atoms with Gasteiger partial charge in [-0.1, -0.05) is 12.1 Å². The van der Waals surface area contributed by atoms with Crippen LogP contribution in [0.5, 0.6) is 0 Å². The fraction of sp³-hybridized carbons (Fsp3) is 0.640. The Bertz CT molecular complexity index is 878. The molecule has 1 aromatic carbocycles. The van der Waals surface area contributed by atoms with Crippen LogP contribution in [0, 0.1) is 11.2 Å². The van der Waals surface area contributed by atoms with Gasteiger partial charge in [0.15, 0.2) is 11.2 Å². The number of amides is 1. The van der Waals surface area contributed by atoms with Crippen molar-refractivity contribution in [3.8, 4) is 0 Å². The van der Waals surface area contributed by atoms with Crippen LogP contribution in [0.25, 0.3) is 0 Å². The van der Waals surface area contributed by atoms with Crippen molar-refractivity contribution in [3.63, 3.8) is 0 Å².